The Morgan fingerprint density at radius 1 is 1.07 bits per heavy atom. The van der Waals surface area contributed by atoms with Crippen LogP contribution < -0.4 is 5.32 Å². The van der Waals surface area contributed by atoms with E-state index in [1.165, 1.54) is 24.8 Å². The third-order valence-corrected chi connectivity index (χ3v) is 6.98. The minimum Gasteiger partial charge on any atom is -0.466 e. The Labute approximate surface area is 162 Å². The predicted octanol–water partition coefficient (Wildman–Crippen LogP) is 4.32. The van der Waals surface area contributed by atoms with Gasteiger partial charge in [0, 0.05) is 5.41 Å². The number of hydrogen-bond donors (Lipinski definition) is 1. The fraction of sp³-hybridized carbons (Fsp3) is 0.652. The van der Waals surface area contributed by atoms with Crippen molar-refractivity contribution in [2.45, 2.75) is 64.8 Å². The fourth-order valence-electron chi connectivity index (χ4n) is 6.14. The molecule has 4 heteroatoms. The number of aryl methyl sites for hydroxylation is 1. The number of ether oxygens (including phenoxy) is 1. The zero-order valence-corrected chi connectivity index (χ0v) is 16.5. The highest BCUT2D eigenvalue weighted by Gasteiger charge is 2.54. The van der Waals surface area contributed by atoms with Crippen LogP contribution in [0.15, 0.2) is 24.3 Å². The van der Waals surface area contributed by atoms with Crippen LogP contribution >= 0.6 is 0 Å². The number of esters is 1. The first-order valence-electron chi connectivity index (χ1n) is 10.5. The molecular formula is C23H31NO3. The van der Waals surface area contributed by atoms with E-state index in [9.17, 15) is 9.59 Å². The van der Waals surface area contributed by atoms with Gasteiger partial charge in [0.2, 0.25) is 5.91 Å². The average Bonchev–Trinajstić information content (AvgIpc) is 2.61. The highest BCUT2D eigenvalue weighted by Crippen LogP contribution is 2.60. The van der Waals surface area contributed by atoms with Crippen LogP contribution in [0.5, 0.6) is 0 Å². The van der Waals surface area contributed by atoms with Gasteiger partial charge in [-0.2, -0.15) is 0 Å². The molecule has 1 atom stereocenters. The van der Waals surface area contributed by atoms with Gasteiger partial charge in [-0.05, 0) is 75.7 Å². The van der Waals surface area contributed by atoms with E-state index < -0.39 is 0 Å². The van der Waals surface area contributed by atoms with Gasteiger partial charge in [0.1, 0.15) is 0 Å². The van der Waals surface area contributed by atoms with Crippen LogP contribution in [0.25, 0.3) is 0 Å². The monoisotopic (exact) mass is 369 g/mol. The number of benzene rings is 1. The Hall–Kier alpha value is -1.84. The summed E-state index contributed by atoms with van der Waals surface area (Å²) in [4.78, 5) is 25.6. The quantitative estimate of drug-likeness (QED) is 0.760. The van der Waals surface area contributed by atoms with E-state index in [1.807, 2.05) is 38.1 Å². The van der Waals surface area contributed by atoms with E-state index in [-0.39, 0.29) is 29.8 Å². The van der Waals surface area contributed by atoms with Gasteiger partial charge in [-0.1, -0.05) is 29.8 Å². The molecule has 4 aliphatic rings. The van der Waals surface area contributed by atoms with E-state index in [1.54, 1.807) is 0 Å². The third-order valence-electron chi connectivity index (χ3n) is 6.98. The van der Waals surface area contributed by atoms with Gasteiger partial charge in [-0.15, -0.1) is 0 Å². The van der Waals surface area contributed by atoms with Crippen molar-refractivity contribution in [2.75, 3.05) is 6.61 Å². The lowest BCUT2D eigenvalue weighted by atomic mass is 9.49. The smallest absolute Gasteiger partial charge is 0.308 e. The number of carbonyl (C=O) groups excluding carboxylic acids is 2. The molecule has 0 spiro atoms. The Balaban J connectivity index is 1.53. The molecule has 0 aromatic heterocycles. The highest BCUT2D eigenvalue weighted by atomic mass is 16.5. The lowest BCUT2D eigenvalue weighted by Crippen LogP contribution is -2.54. The summed E-state index contributed by atoms with van der Waals surface area (Å²) in [6.07, 6.45) is 7.24. The molecule has 4 aliphatic carbocycles. The molecule has 0 saturated heterocycles. The summed E-state index contributed by atoms with van der Waals surface area (Å²) in [6, 6.07) is 7.78. The minimum atomic E-state index is -0.315. The van der Waals surface area contributed by atoms with Gasteiger partial charge in [0.05, 0.1) is 19.1 Å². The molecule has 4 saturated carbocycles. The summed E-state index contributed by atoms with van der Waals surface area (Å²) in [6.45, 7) is 4.22. The lowest BCUT2D eigenvalue weighted by Gasteiger charge is -2.55. The maximum absolute atomic E-state index is 13.4. The highest BCUT2D eigenvalue weighted by molar-refractivity contribution is 5.84. The molecule has 0 radical (unpaired) electrons. The first kappa shape index (κ1) is 18.5. The summed E-state index contributed by atoms with van der Waals surface area (Å²) >= 11 is 0. The number of hydrogen-bond acceptors (Lipinski definition) is 3. The Bertz CT molecular complexity index is 674. The molecule has 1 amide bonds. The van der Waals surface area contributed by atoms with E-state index in [0.717, 1.165) is 42.6 Å². The summed E-state index contributed by atoms with van der Waals surface area (Å²) in [5, 5.41) is 3.26. The van der Waals surface area contributed by atoms with Crippen molar-refractivity contribution in [3.8, 4) is 0 Å². The van der Waals surface area contributed by atoms with Crippen LogP contribution in [-0.4, -0.2) is 18.5 Å². The van der Waals surface area contributed by atoms with Crippen molar-refractivity contribution in [2.24, 2.45) is 23.2 Å². The lowest BCUT2D eigenvalue weighted by molar-refractivity contribution is -0.148. The Morgan fingerprint density at radius 2 is 1.63 bits per heavy atom. The second-order valence-corrected chi connectivity index (χ2v) is 9.14. The van der Waals surface area contributed by atoms with Crippen molar-refractivity contribution in [1.29, 1.82) is 0 Å². The number of carbonyl (C=O) groups is 2. The molecule has 27 heavy (non-hydrogen) atoms. The Morgan fingerprint density at radius 3 is 2.15 bits per heavy atom. The molecule has 1 N–H and O–H groups in total. The Kier molecular flexibility index (Phi) is 5.00. The van der Waals surface area contributed by atoms with Gasteiger partial charge in [0.15, 0.2) is 0 Å². The maximum Gasteiger partial charge on any atom is 0.308 e. The van der Waals surface area contributed by atoms with Crippen LogP contribution in [0.1, 0.15) is 69.0 Å². The zero-order valence-electron chi connectivity index (χ0n) is 16.5. The van der Waals surface area contributed by atoms with E-state index >= 15 is 0 Å². The van der Waals surface area contributed by atoms with Gasteiger partial charge in [-0.25, -0.2) is 0 Å². The van der Waals surface area contributed by atoms with Crippen molar-refractivity contribution in [1.82, 2.24) is 5.32 Å². The molecule has 0 aliphatic heterocycles. The second kappa shape index (κ2) is 7.29. The number of amides is 1. The van der Waals surface area contributed by atoms with Crippen LogP contribution in [0, 0.1) is 30.1 Å². The first-order valence-corrected chi connectivity index (χ1v) is 10.5. The summed E-state index contributed by atoms with van der Waals surface area (Å²) in [5.41, 5.74) is 1.94. The third kappa shape index (κ3) is 3.76. The molecule has 0 heterocycles. The maximum atomic E-state index is 13.4. The summed E-state index contributed by atoms with van der Waals surface area (Å²) < 4.78 is 5.16. The molecule has 1 aromatic carbocycles. The van der Waals surface area contributed by atoms with Crippen molar-refractivity contribution in [3.63, 3.8) is 0 Å². The minimum absolute atomic E-state index is 0.163. The normalized spacial score (nSPS) is 32.1. The van der Waals surface area contributed by atoms with Gasteiger partial charge in [-0.3, -0.25) is 9.59 Å². The SMILES string of the molecule is CCOC(=O)CC(NC(=O)C12CC3CC(CC(C3)C1)C2)c1ccc(C)cc1. The fourth-order valence-corrected chi connectivity index (χ4v) is 6.14. The number of rotatable bonds is 6. The number of nitrogens with one attached hydrogen (secondary N) is 1. The first-order chi connectivity index (χ1) is 13.0. The van der Waals surface area contributed by atoms with Crippen LogP contribution in [0.2, 0.25) is 0 Å². The molecule has 1 unspecified atom stereocenters. The molecule has 4 fully saturated rings. The van der Waals surface area contributed by atoms with Gasteiger partial charge >= 0.3 is 5.97 Å². The van der Waals surface area contributed by atoms with E-state index in [4.69, 9.17) is 4.74 Å². The predicted molar refractivity (Wildman–Crippen MR) is 104 cm³/mol. The molecule has 4 nitrogen and oxygen atoms in total. The molecule has 1 aromatic rings. The van der Waals surface area contributed by atoms with Gasteiger partial charge < -0.3 is 10.1 Å². The zero-order chi connectivity index (χ0) is 19.0. The molecule has 4 bridgehead atoms. The average molecular weight is 370 g/mol. The topological polar surface area (TPSA) is 55.4 Å². The van der Waals surface area contributed by atoms with Crippen LogP contribution in [-0.2, 0) is 14.3 Å². The van der Waals surface area contributed by atoms with E-state index in [0.29, 0.717) is 6.61 Å². The molecule has 5 rings (SSSR count). The second-order valence-electron chi connectivity index (χ2n) is 9.14. The summed E-state index contributed by atoms with van der Waals surface area (Å²) in [7, 11) is 0. The van der Waals surface area contributed by atoms with Crippen LogP contribution in [0.3, 0.4) is 0 Å². The standard InChI is InChI=1S/C23H31NO3/c1-3-27-21(25)11-20(19-6-4-15(2)5-7-19)24-22(26)23-12-16-8-17(13-23)10-18(9-16)14-23/h4-7,16-18,20H,3,8-14H2,1-2H3,(H,24,26). The van der Waals surface area contributed by atoms with Crippen molar-refractivity contribution in [3.05, 3.63) is 35.4 Å². The van der Waals surface area contributed by atoms with Crippen LogP contribution in [0.4, 0.5) is 0 Å². The largest absolute Gasteiger partial charge is 0.466 e. The molecular weight excluding hydrogens is 338 g/mol. The van der Waals surface area contributed by atoms with E-state index in [2.05, 4.69) is 5.32 Å². The molecule has 146 valence electrons. The van der Waals surface area contributed by atoms with Gasteiger partial charge in [0.25, 0.3) is 0 Å². The van der Waals surface area contributed by atoms with Crippen molar-refractivity contribution >= 4 is 11.9 Å². The summed E-state index contributed by atoms with van der Waals surface area (Å²) in [5.74, 6) is 2.09. The van der Waals surface area contributed by atoms with Crippen molar-refractivity contribution < 1.29 is 14.3 Å².